The molecule has 0 saturated heterocycles. The van der Waals surface area contributed by atoms with Gasteiger partial charge in [0.1, 0.15) is 24.7 Å². The average Bonchev–Trinajstić information content (AvgIpc) is 3.17. The highest BCUT2D eigenvalue weighted by Gasteiger charge is 1.97. The second-order valence-corrected chi connectivity index (χ2v) is 11.2. The van der Waals surface area contributed by atoms with E-state index in [9.17, 15) is 0 Å². The Hall–Kier alpha value is -3.58. The zero-order valence-electron chi connectivity index (χ0n) is 31.6. The smallest absolute Gasteiger partial charge is 0.119 e. The van der Waals surface area contributed by atoms with Crippen LogP contribution < -0.4 is 9.47 Å². The van der Waals surface area contributed by atoms with Crippen molar-refractivity contribution in [3.05, 3.63) is 101 Å². The predicted octanol–water partition coefficient (Wildman–Crippen LogP) is 7.04. The van der Waals surface area contributed by atoms with Gasteiger partial charge >= 0.3 is 0 Å². The van der Waals surface area contributed by atoms with Crippen LogP contribution in [0.2, 0.25) is 0 Å². The van der Waals surface area contributed by atoms with Crippen LogP contribution in [-0.2, 0) is 37.9 Å². The van der Waals surface area contributed by atoms with E-state index in [1.54, 1.807) is 14.2 Å². The standard InChI is InChI=1S/C26H34O5.C16H26O5/c1-3-4-23-5-7-24(8-6-23)9-10-25-11-13-26(14-12-25)31-22-21-30-20-19-29-18-17-28-16-15-27-2;1-15-3-5-16(6-4-15)21-14-13-20-12-11-19-10-9-18-8-7-17-2/h3-14H,15-22H2,1-2H3;3-6H,7-14H2,1-2H3/b4-3+,10-9+;. The molecule has 0 saturated carbocycles. The molecule has 0 aliphatic heterocycles. The van der Waals surface area contributed by atoms with Gasteiger partial charge in [-0.25, -0.2) is 0 Å². The zero-order chi connectivity index (χ0) is 37.2. The monoisotopic (exact) mass is 724 g/mol. The molecule has 3 rings (SSSR count). The zero-order valence-corrected chi connectivity index (χ0v) is 31.6. The van der Waals surface area contributed by atoms with Crippen molar-refractivity contribution in [2.75, 3.05) is 120 Å². The van der Waals surface area contributed by atoms with E-state index in [-0.39, 0.29) is 0 Å². The van der Waals surface area contributed by atoms with Crippen LogP contribution in [0.5, 0.6) is 11.5 Å². The van der Waals surface area contributed by atoms with Gasteiger partial charge in [0.15, 0.2) is 0 Å². The molecule has 0 atom stereocenters. The summed E-state index contributed by atoms with van der Waals surface area (Å²) in [6.45, 7) is 13.1. The molecule has 0 fully saturated rings. The van der Waals surface area contributed by atoms with Gasteiger partial charge in [-0.15, -0.1) is 0 Å². The molecule has 0 amide bonds. The van der Waals surface area contributed by atoms with Crippen LogP contribution in [-0.4, -0.2) is 120 Å². The van der Waals surface area contributed by atoms with Crippen LogP contribution in [0.25, 0.3) is 18.2 Å². The first-order valence-corrected chi connectivity index (χ1v) is 17.9. The van der Waals surface area contributed by atoms with Crippen LogP contribution in [0.4, 0.5) is 0 Å². The van der Waals surface area contributed by atoms with E-state index < -0.39 is 0 Å². The SMILES string of the molecule is C/C=C/c1ccc(/C=C/c2ccc(OCCOCCOCCOCCOC)cc2)cc1.COCCOCCOCCOCCOc1ccc(C)cc1. The largest absolute Gasteiger partial charge is 0.491 e. The fraction of sp³-hybridized carbons (Fsp3) is 0.476. The van der Waals surface area contributed by atoms with E-state index in [1.165, 1.54) is 16.7 Å². The van der Waals surface area contributed by atoms with Gasteiger partial charge in [-0.3, -0.25) is 0 Å². The number of hydrogen-bond acceptors (Lipinski definition) is 10. The molecule has 0 unspecified atom stereocenters. The first kappa shape index (κ1) is 44.6. The lowest BCUT2D eigenvalue weighted by Crippen LogP contribution is -2.13. The highest BCUT2D eigenvalue weighted by atomic mass is 16.6. The summed E-state index contributed by atoms with van der Waals surface area (Å²) in [5.41, 5.74) is 4.74. The Balaban J connectivity index is 0.000000389. The van der Waals surface area contributed by atoms with Gasteiger partial charge in [0.2, 0.25) is 0 Å². The molecule has 0 bridgehead atoms. The van der Waals surface area contributed by atoms with Crippen molar-refractivity contribution in [3.63, 3.8) is 0 Å². The number of rotatable bonds is 29. The summed E-state index contributed by atoms with van der Waals surface area (Å²) < 4.78 is 53.3. The first-order chi connectivity index (χ1) is 25.6. The molecule has 3 aromatic rings. The van der Waals surface area contributed by atoms with Crippen LogP contribution in [0.3, 0.4) is 0 Å². The molecule has 0 radical (unpaired) electrons. The van der Waals surface area contributed by atoms with E-state index >= 15 is 0 Å². The van der Waals surface area contributed by atoms with Gasteiger partial charge in [-0.1, -0.05) is 78.4 Å². The van der Waals surface area contributed by atoms with Gasteiger partial charge in [0, 0.05) is 14.2 Å². The maximum atomic E-state index is 5.71. The van der Waals surface area contributed by atoms with E-state index in [0.29, 0.717) is 106 Å². The van der Waals surface area contributed by atoms with Crippen molar-refractivity contribution >= 4 is 18.2 Å². The van der Waals surface area contributed by atoms with Gasteiger partial charge < -0.3 is 47.4 Å². The Morgan fingerprint density at radius 1 is 0.365 bits per heavy atom. The summed E-state index contributed by atoms with van der Waals surface area (Å²) in [5, 5.41) is 0. The topological polar surface area (TPSA) is 92.3 Å². The molecule has 288 valence electrons. The van der Waals surface area contributed by atoms with Crippen LogP contribution >= 0.6 is 0 Å². The quantitative estimate of drug-likeness (QED) is 0.0549. The number of benzene rings is 3. The Bertz CT molecular complexity index is 1280. The summed E-state index contributed by atoms with van der Waals surface area (Å²) >= 11 is 0. The second-order valence-electron chi connectivity index (χ2n) is 11.2. The normalized spacial score (nSPS) is 11.2. The lowest BCUT2D eigenvalue weighted by molar-refractivity contribution is 0.000164. The number of aryl methyl sites for hydroxylation is 1. The minimum absolute atomic E-state index is 0.508. The predicted molar refractivity (Wildman–Crippen MR) is 207 cm³/mol. The third kappa shape index (κ3) is 24.6. The Morgan fingerprint density at radius 2 is 0.654 bits per heavy atom. The molecule has 0 heterocycles. The number of ether oxygens (including phenoxy) is 10. The summed E-state index contributed by atoms with van der Waals surface area (Å²) in [6, 6.07) is 24.5. The number of allylic oxidation sites excluding steroid dienone is 1. The molecule has 10 nitrogen and oxygen atoms in total. The van der Waals surface area contributed by atoms with Crippen molar-refractivity contribution in [1.29, 1.82) is 0 Å². The summed E-state index contributed by atoms with van der Waals surface area (Å²) in [6.07, 6.45) is 8.34. The highest BCUT2D eigenvalue weighted by Crippen LogP contribution is 2.15. The Labute approximate surface area is 311 Å². The van der Waals surface area contributed by atoms with Gasteiger partial charge in [-0.2, -0.15) is 0 Å². The first-order valence-electron chi connectivity index (χ1n) is 17.9. The molecular weight excluding hydrogens is 664 g/mol. The van der Waals surface area contributed by atoms with Crippen molar-refractivity contribution < 1.29 is 47.4 Å². The van der Waals surface area contributed by atoms with Gasteiger partial charge in [0.25, 0.3) is 0 Å². The van der Waals surface area contributed by atoms with Crippen LogP contribution in [0.1, 0.15) is 29.2 Å². The molecule has 3 aromatic carbocycles. The number of hydrogen-bond donors (Lipinski definition) is 0. The molecule has 0 aliphatic rings. The van der Waals surface area contributed by atoms with Crippen molar-refractivity contribution in [2.24, 2.45) is 0 Å². The molecule has 0 N–H and O–H groups in total. The van der Waals surface area contributed by atoms with Crippen molar-refractivity contribution in [2.45, 2.75) is 13.8 Å². The Morgan fingerprint density at radius 3 is 1.00 bits per heavy atom. The van der Waals surface area contributed by atoms with E-state index in [2.05, 4.69) is 49.4 Å². The van der Waals surface area contributed by atoms with Gasteiger partial charge in [-0.05, 0) is 54.8 Å². The lowest BCUT2D eigenvalue weighted by Gasteiger charge is -2.08. The van der Waals surface area contributed by atoms with Gasteiger partial charge in [0.05, 0.1) is 92.5 Å². The maximum Gasteiger partial charge on any atom is 0.119 e. The molecule has 0 aromatic heterocycles. The molecule has 10 heteroatoms. The third-order valence-electron chi connectivity index (χ3n) is 7.01. The van der Waals surface area contributed by atoms with E-state index in [1.807, 2.05) is 61.5 Å². The minimum atomic E-state index is 0.508. The van der Waals surface area contributed by atoms with Crippen molar-refractivity contribution in [3.8, 4) is 11.5 Å². The van der Waals surface area contributed by atoms with Crippen LogP contribution in [0.15, 0.2) is 78.9 Å². The molecule has 0 aliphatic carbocycles. The summed E-state index contributed by atoms with van der Waals surface area (Å²) in [7, 11) is 3.31. The van der Waals surface area contributed by atoms with Crippen LogP contribution in [0, 0.1) is 6.92 Å². The summed E-state index contributed by atoms with van der Waals surface area (Å²) in [5.74, 6) is 1.70. The highest BCUT2D eigenvalue weighted by molar-refractivity contribution is 5.70. The number of methoxy groups -OCH3 is 2. The third-order valence-corrected chi connectivity index (χ3v) is 7.01. The van der Waals surface area contributed by atoms with Crippen molar-refractivity contribution in [1.82, 2.24) is 0 Å². The minimum Gasteiger partial charge on any atom is -0.491 e. The van der Waals surface area contributed by atoms with E-state index in [4.69, 9.17) is 47.4 Å². The average molecular weight is 725 g/mol. The maximum absolute atomic E-state index is 5.71. The van der Waals surface area contributed by atoms with E-state index in [0.717, 1.165) is 17.1 Å². The second kappa shape index (κ2) is 32.1. The molecular formula is C42H60O10. The summed E-state index contributed by atoms with van der Waals surface area (Å²) in [4.78, 5) is 0. The fourth-order valence-electron chi connectivity index (χ4n) is 4.22. The molecule has 0 spiro atoms. The lowest BCUT2D eigenvalue weighted by atomic mass is 10.1. The molecule has 52 heavy (non-hydrogen) atoms. The Kier molecular flexibility index (Phi) is 27.5. The fourth-order valence-corrected chi connectivity index (χ4v) is 4.22.